The van der Waals surface area contributed by atoms with Crippen LogP contribution in [0.1, 0.15) is 36.0 Å². The van der Waals surface area contributed by atoms with Crippen molar-refractivity contribution < 1.29 is 13.2 Å². The van der Waals surface area contributed by atoms with Gasteiger partial charge in [0.05, 0.1) is 4.90 Å². The molecule has 0 radical (unpaired) electrons. The van der Waals surface area contributed by atoms with E-state index in [4.69, 9.17) is 10.7 Å². The van der Waals surface area contributed by atoms with Gasteiger partial charge >= 0.3 is 0 Å². The summed E-state index contributed by atoms with van der Waals surface area (Å²) in [5.41, 5.74) is 0.469. The zero-order valence-electron chi connectivity index (χ0n) is 10.9. The summed E-state index contributed by atoms with van der Waals surface area (Å²) in [6.45, 7) is 0. The Morgan fingerprint density at radius 3 is 2.35 bits per heavy atom. The maximum atomic E-state index is 12.1. The van der Waals surface area contributed by atoms with Gasteiger partial charge in [-0.25, -0.2) is 8.42 Å². The van der Waals surface area contributed by atoms with Crippen LogP contribution in [0.5, 0.6) is 0 Å². The highest BCUT2D eigenvalue weighted by molar-refractivity contribution is 8.13. The number of amides is 1. The molecule has 1 aromatic carbocycles. The molecule has 6 heteroatoms. The zero-order chi connectivity index (χ0) is 14.3. The Hall–Kier alpha value is -1.07. The normalized spacial score (nSPS) is 28.6. The quantitative estimate of drug-likeness (QED) is 0.872. The second kappa shape index (κ2) is 5.04. The molecule has 2 aliphatic rings. The Bertz CT molecular complexity index is 626. The van der Waals surface area contributed by atoms with Crippen molar-refractivity contribution in [2.24, 2.45) is 11.8 Å². The lowest BCUT2D eigenvalue weighted by molar-refractivity contribution is 0.0923. The van der Waals surface area contributed by atoms with Crippen LogP contribution in [0.25, 0.3) is 0 Å². The summed E-state index contributed by atoms with van der Waals surface area (Å²) in [5, 5.41) is 3.06. The molecular weight excluding hydrogens is 298 g/mol. The Morgan fingerprint density at radius 1 is 1.15 bits per heavy atom. The van der Waals surface area contributed by atoms with Gasteiger partial charge in [0.2, 0.25) is 0 Å². The largest absolute Gasteiger partial charge is 0.349 e. The lowest BCUT2D eigenvalue weighted by Crippen LogP contribution is -2.38. The number of rotatable bonds is 3. The van der Waals surface area contributed by atoms with Crippen molar-refractivity contribution in [3.63, 3.8) is 0 Å². The molecule has 20 heavy (non-hydrogen) atoms. The molecule has 2 aliphatic carbocycles. The van der Waals surface area contributed by atoms with E-state index in [0.29, 0.717) is 11.5 Å². The van der Waals surface area contributed by atoms with Crippen LogP contribution in [0, 0.1) is 11.8 Å². The molecule has 3 rings (SSSR count). The summed E-state index contributed by atoms with van der Waals surface area (Å²) in [4.78, 5) is 12.2. The van der Waals surface area contributed by atoms with Crippen LogP contribution in [-0.2, 0) is 9.05 Å². The SMILES string of the molecule is O=C(NC1CC2CCC1C2)c1ccc(S(=O)(=O)Cl)cc1. The first-order valence-corrected chi connectivity index (χ1v) is 9.10. The number of hydrogen-bond acceptors (Lipinski definition) is 3. The van der Waals surface area contributed by atoms with E-state index in [1.807, 2.05) is 0 Å². The van der Waals surface area contributed by atoms with Gasteiger partial charge in [-0.1, -0.05) is 6.42 Å². The summed E-state index contributed by atoms with van der Waals surface area (Å²) < 4.78 is 22.3. The van der Waals surface area contributed by atoms with Crippen molar-refractivity contribution >= 4 is 25.6 Å². The van der Waals surface area contributed by atoms with Gasteiger partial charge in [-0.2, -0.15) is 0 Å². The third-order valence-electron chi connectivity index (χ3n) is 4.45. The monoisotopic (exact) mass is 313 g/mol. The number of halogens is 1. The molecule has 2 saturated carbocycles. The van der Waals surface area contributed by atoms with E-state index in [9.17, 15) is 13.2 Å². The molecule has 0 aromatic heterocycles. The van der Waals surface area contributed by atoms with Gasteiger partial charge in [0.1, 0.15) is 0 Å². The predicted molar refractivity (Wildman–Crippen MR) is 76.2 cm³/mol. The number of fused-ring (bicyclic) bond motifs is 2. The fourth-order valence-electron chi connectivity index (χ4n) is 3.44. The fourth-order valence-corrected chi connectivity index (χ4v) is 4.21. The average molecular weight is 314 g/mol. The van der Waals surface area contributed by atoms with Crippen molar-refractivity contribution in [1.82, 2.24) is 5.32 Å². The highest BCUT2D eigenvalue weighted by atomic mass is 35.7. The Balaban J connectivity index is 1.68. The standard InChI is InChI=1S/C14H16ClNO3S/c15-20(18,19)12-5-3-10(4-6-12)14(17)16-13-8-9-1-2-11(13)7-9/h3-6,9,11,13H,1-2,7-8H2,(H,16,17). The summed E-state index contributed by atoms with van der Waals surface area (Å²) >= 11 is 0. The first-order chi connectivity index (χ1) is 9.43. The number of nitrogens with one attached hydrogen (secondary N) is 1. The topological polar surface area (TPSA) is 63.2 Å². The summed E-state index contributed by atoms with van der Waals surface area (Å²) in [5.74, 6) is 1.25. The van der Waals surface area contributed by atoms with Crippen molar-refractivity contribution in [3.05, 3.63) is 29.8 Å². The molecule has 0 aliphatic heterocycles. The molecule has 4 nitrogen and oxygen atoms in total. The first-order valence-electron chi connectivity index (χ1n) is 6.79. The van der Waals surface area contributed by atoms with Crippen molar-refractivity contribution in [2.45, 2.75) is 36.6 Å². The lowest BCUT2D eigenvalue weighted by Gasteiger charge is -2.22. The van der Waals surface area contributed by atoms with Crippen LogP contribution < -0.4 is 5.32 Å². The average Bonchev–Trinajstić information content (AvgIpc) is 3.00. The van der Waals surface area contributed by atoms with Crippen molar-refractivity contribution in [1.29, 1.82) is 0 Å². The lowest BCUT2D eigenvalue weighted by atomic mass is 9.95. The minimum Gasteiger partial charge on any atom is -0.349 e. The third-order valence-corrected chi connectivity index (χ3v) is 5.82. The van der Waals surface area contributed by atoms with Crippen LogP contribution in [-0.4, -0.2) is 20.4 Å². The highest BCUT2D eigenvalue weighted by Gasteiger charge is 2.40. The van der Waals surface area contributed by atoms with Crippen LogP contribution in [0.3, 0.4) is 0 Å². The maximum Gasteiger partial charge on any atom is 0.261 e. The van der Waals surface area contributed by atoms with Crippen molar-refractivity contribution in [2.75, 3.05) is 0 Å². The summed E-state index contributed by atoms with van der Waals surface area (Å²) in [6, 6.07) is 5.99. The number of benzene rings is 1. The molecule has 0 saturated heterocycles. The summed E-state index contributed by atoms with van der Waals surface area (Å²) in [7, 11) is 1.51. The smallest absolute Gasteiger partial charge is 0.261 e. The van der Waals surface area contributed by atoms with Gasteiger partial charge in [-0.05, 0) is 55.4 Å². The van der Waals surface area contributed by atoms with Crippen LogP contribution >= 0.6 is 10.7 Å². The molecule has 3 unspecified atom stereocenters. The van der Waals surface area contributed by atoms with E-state index in [1.165, 1.54) is 43.5 Å². The van der Waals surface area contributed by atoms with Gasteiger partial charge in [0.15, 0.2) is 0 Å². The zero-order valence-corrected chi connectivity index (χ0v) is 12.5. The molecule has 1 amide bonds. The van der Waals surface area contributed by atoms with Gasteiger partial charge < -0.3 is 5.32 Å². The maximum absolute atomic E-state index is 12.1. The summed E-state index contributed by atoms with van der Waals surface area (Å²) in [6.07, 6.45) is 4.80. The Morgan fingerprint density at radius 2 is 1.85 bits per heavy atom. The predicted octanol–water partition coefficient (Wildman–Crippen LogP) is 2.53. The van der Waals surface area contributed by atoms with E-state index in [1.54, 1.807) is 0 Å². The Kier molecular flexibility index (Phi) is 3.50. The second-order valence-corrected chi connectivity index (χ2v) is 8.28. The number of hydrogen-bond donors (Lipinski definition) is 1. The fraction of sp³-hybridized carbons (Fsp3) is 0.500. The number of carbonyl (C=O) groups is 1. The van der Waals surface area contributed by atoms with E-state index in [-0.39, 0.29) is 16.8 Å². The van der Waals surface area contributed by atoms with Gasteiger partial charge in [0, 0.05) is 22.3 Å². The molecular formula is C14H16ClNO3S. The van der Waals surface area contributed by atoms with Crippen molar-refractivity contribution in [3.8, 4) is 0 Å². The number of carbonyl (C=O) groups excluding carboxylic acids is 1. The van der Waals surface area contributed by atoms with Gasteiger partial charge in [0.25, 0.3) is 15.0 Å². The van der Waals surface area contributed by atoms with Crippen LogP contribution in [0.2, 0.25) is 0 Å². The van der Waals surface area contributed by atoms with E-state index in [0.717, 1.165) is 12.3 Å². The molecule has 0 spiro atoms. The minimum atomic E-state index is -3.73. The van der Waals surface area contributed by atoms with Gasteiger partial charge in [-0.15, -0.1) is 0 Å². The van der Waals surface area contributed by atoms with E-state index >= 15 is 0 Å². The Labute approximate surface area is 122 Å². The first kappa shape index (κ1) is 13.9. The molecule has 108 valence electrons. The highest BCUT2D eigenvalue weighted by Crippen LogP contribution is 2.44. The van der Waals surface area contributed by atoms with Crippen LogP contribution in [0.15, 0.2) is 29.2 Å². The molecule has 2 fully saturated rings. The molecule has 1 N–H and O–H groups in total. The van der Waals surface area contributed by atoms with Crippen LogP contribution in [0.4, 0.5) is 0 Å². The molecule has 1 aromatic rings. The van der Waals surface area contributed by atoms with Gasteiger partial charge in [-0.3, -0.25) is 4.79 Å². The van der Waals surface area contributed by atoms with E-state index in [2.05, 4.69) is 5.32 Å². The van der Waals surface area contributed by atoms with E-state index < -0.39 is 9.05 Å². The minimum absolute atomic E-state index is 0.00985. The third kappa shape index (κ3) is 2.69. The molecule has 0 heterocycles. The molecule has 2 bridgehead atoms. The molecule has 3 atom stereocenters. The second-order valence-electron chi connectivity index (χ2n) is 5.72.